The van der Waals surface area contributed by atoms with E-state index in [2.05, 4.69) is 10.2 Å². The maximum atomic E-state index is 14.3. The van der Waals surface area contributed by atoms with Crippen molar-refractivity contribution in [1.82, 2.24) is 10.2 Å². The Morgan fingerprint density at radius 1 is 1.36 bits per heavy atom. The van der Waals surface area contributed by atoms with Crippen LogP contribution < -0.4 is 5.32 Å². The van der Waals surface area contributed by atoms with Gasteiger partial charge in [0.1, 0.15) is 5.82 Å². The van der Waals surface area contributed by atoms with Gasteiger partial charge in [-0.25, -0.2) is 4.39 Å². The van der Waals surface area contributed by atoms with Crippen molar-refractivity contribution in [2.45, 2.75) is 37.1 Å². The third-order valence-electron chi connectivity index (χ3n) is 4.98. The quantitative estimate of drug-likeness (QED) is 0.893. The molecule has 1 amide bonds. The van der Waals surface area contributed by atoms with Crippen molar-refractivity contribution in [3.8, 4) is 0 Å². The van der Waals surface area contributed by atoms with Crippen LogP contribution in [0.3, 0.4) is 0 Å². The number of benzene rings is 1. The zero-order valence-electron chi connectivity index (χ0n) is 12.7. The molecular weight excluding hydrogens is 283 g/mol. The van der Waals surface area contributed by atoms with Crippen LogP contribution in [0.4, 0.5) is 4.39 Å². The molecule has 0 radical (unpaired) electrons. The number of rotatable bonds is 3. The number of amides is 1. The SMILES string of the molecule is O=C1CCCC[C@]2(CN(CCO)C[C@H]2c2ccccc2F)N1. The molecule has 0 unspecified atom stereocenters. The van der Waals surface area contributed by atoms with E-state index in [9.17, 15) is 14.3 Å². The third kappa shape index (κ3) is 2.88. The lowest BCUT2D eigenvalue weighted by atomic mass is 9.78. The zero-order valence-corrected chi connectivity index (χ0v) is 12.7. The summed E-state index contributed by atoms with van der Waals surface area (Å²) in [5.41, 5.74) is 0.260. The van der Waals surface area contributed by atoms with Gasteiger partial charge in [-0.1, -0.05) is 24.6 Å². The van der Waals surface area contributed by atoms with Crippen molar-refractivity contribution in [3.63, 3.8) is 0 Å². The van der Waals surface area contributed by atoms with Gasteiger partial charge in [0.2, 0.25) is 5.91 Å². The lowest BCUT2D eigenvalue weighted by Crippen LogP contribution is -2.52. The smallest absolute Gasteiger partial charge is 0.220 e. The molecule has 5 heteroatoms. The van der Waals surface area contributed by atoms with Gasteiger partial charge in [-0.15, -0.1) is 0 Å². The minimum Gasteiger partial charge on any atom is -0.395 e. The molecule has 1 spiro atoms. The van der Waals surface area contributed by atoms with Crippen molar-refractivity contribution in [2.75, 3.05) is 26.2 Å². The molecular formula is C17H23FN2O2. The second-order valence-electron chi connectivity index (χ2n) is 6.44. The predicted octanol–water partition coefficient (Wildman–Crippen LogP) is 1.65. The summed E-state index contributed by atoms with van der Waals surface area (Å²) >= 11 is 0. The molecule has 2 fully saturated rings. The maximum Gasteiger partial charge on any atom is 0.220 e. The van der Waals surface area contributed by atoms with Crippen molar-refractivity contribution in [2.24, 2.45) is 0 Å². The maximum absolute atomic E-state index is 14.3. The molecule has 2 saturated heterocycles. The fourth-order valence-corrected chi connectivity index (χ4v) is 3.98. The fourth-order valence-electron chi connectivity index (χ4n) is 3.98. The van der Waals surface area contributed by atoms with E-state index in [0.29, 0.717) is 31.6 Å². The number of aliphatic hydroxyl groups excluding tert-OH is 1. The van der Waals surface area contributed by atoms with Crippen LogP contribution in [0.25, 0.3) is 0 Å². The molecule has 3 rings (SSSR count). The van der Waals surface area contributed by atoms with E-state index in [0.717, 1.165) is 19.3 Å². The van der Waals surface area contributed by atoms with Gasteiger partial charge < -0.3 is 10.4 Å². The number of carbonyl (C=O) groups excluding carboxylic acids is 1. The van der Waals surface area contributed by atoms with Gasteiger partial charge in [0, 0.05) is 32.0 Å². The van der Waals surface area contributed by atoms with E-state index in [4.69, 9.17) is 0 Å². The van der Waals surface area contributed by atoms with Crippen molar-refractivity contribution in [1.29, 1.82) is 0 Å². The number of carbonyl (C=O) groups is 1. The average molecular weight is 306 g/mol. The Hall–Kier alpha value is -1.46. The number of halogens is 1. The second kappa shape index (κ2) is 6.34. The molecule has 1 aromatic carbocycles. The lowest BCUT2D eigenvalue weighted by Gasteiger charge is -2.35. The van der Waals surface area contributed by atoms with Crippen LogP contribution in [0.15, 0.2) is 24.3 Å². The fraction of sp³-hybridized carbons (Fsp3) is 0.588. The molecule has 2 N–H and O–H groups in total. The summed E-state index contributed by atoms with van der Waals surface area (Å²) in [5, 5.41) is 12.4. The number of nitrogens with one attached hydrogen (secondary N) is 1. The monoisotopic (exact) mass is 306 g/mol. The molecule has 22 heavy (non-hydrogen) atoms. The number of likely N-dealkylation sites (tertiary alicyclic amines) is 1. The predicted molar refractivity (Wildman–Crippen MR) is 82.0 cm³/mol. The van der Waals surface area contributed by atoms with Crippen LogP contribution in [0, 0.1) is 5.82 Å². The topological polar surface area (TPSA) is 52.6 Å². The largest absolute Gasteiger partial charge is 0.395 e. The molecule has 2 aliphatic rings. The number of β-amino-alcohol motifs (C(OH)–C–C–N with tert-alkyl or cyclic N) is 1. The Kier molecular flexibility index (Phi) is 4.45. The summed E-state index contributed by atoms with van der Waals surface area (Å²) in [5.74, 6) is -0.219. The highest BCUT2D eigenvalue weighted by Crippen LogP contribution is 2.41. The molecule has 2 aliphatic heterocycles. The molecule has 1 aromatic rings. The number of nitrogens with zero attached hydrogens (tertiary/aromatic N) is 1. The Labute approximate surface area is 130 Å². The summed E-state index contributed by atoms with van der Waals surface area (Å²) in [7, 11) is 0. The Balaban J connectivity index is 1.96. The molecule has 0 saturated carbocycles. The average Bonchev–Trinajstić information content (AvgIpc) is 2.70. The highest BCUT2D eigenvalue weighted by Gasteiger charge is 2.48. The highest BCUT2D eigenvalue weighted by molar-refractivity contribution is 5.77. The first kappa shape index (κ1) is 15.4. The second-order valence-corrected chi connectivity index (χ2v) is 6.44. The normalized spacial score (nSPS) is 29.5. The lowest BCUT2D eigenvalue weighted by molar-refractivity contribution is -0.122. The Morgan fingerprint density at radius 3 is 2.95 bits per heavy atom. The summed E-state index contributed by atoms with van der Waals surface area (Å²) < 4.78 is 14.3. The molecule has 0 aliphatic carbocycles. The van der Waals surface area contributed by atoms with Gasteiger partial charge in [0.25, 0.3) is 0 Å². The van der Waals surface area contributed by atoms with E-state index >= 15 is 0 Å². The molecule has 2 heterocycles. The van der Waals surface area contributed by atoms with E-state index in [1.807, 2.05) is 12.1 Å². The van der Waals surface area contributed by atoms with E-state index in [-0.39, 0.29) is 24.2 Å². The van der Waals surface area contributed by atoms with Crippen molar-refractivity contribution >= 4 is 5.91 Å². The van der Waals surface area contributed by atoms with Crippen LogP contribution in [0.5, 0.6) is 0 Å². The zero-order chi connectivity index (χ0) is 15.6. The summed E-state index contributed by atoms with van der Waals surface area (Å²) in [6.45, 7) is 1.98. The van der Waals surface area contributed by atoms with Gasteiger partial charge in [0.15, 0.2) is 0 Å². The molecule has 4 nitrogen and oxygen atoms in total. The van der Waals surface area contributed by atoms with E-state index < -0.39 is 5.54 Å². The standard InChI is InChI=1S/C17H23FN2O2/c18-15-6-2-1-5-13(15)14-11-20(9-10-21)12-17(14)8-4-3-7-16(22)19-17/h1-2,5-6,14,21H,3-4,7-12H2,(H,19,22)/t14-,17+/m0/s1. The van der Waals surface area contributed by atoms with Crippen LogP contribution in [-0.2, 0) is 4.79 Å². The van der Waals surface area contributed by atoms with Crippen molar-refractivity contribution in [3.05, 3.63) is 35.6 Å². The summed E-state index contributed by atoms with van der Waals surface area (Å²) in [6.07, 6.45) is 3.26. The van der Waals surface area contributed by atoms with Gasteiger partial charge in [-0.05, 0) is 24.5 Å². The van der Waals surface area contributed by atoms with Crippen LogP contribution in [0.2, 0.25) is 0 Å². The minimum absolute atomic E-state index is 0.0599. The number of aliphatic hydroxyl groups is 1. The first-order chi connectivity index (χ1) is 10.6. The molecule has 2 atom stereocenters. The molecule has 0 bridgehead atoms. The van der Waals surface area contributed by atoms with Gasteiger partial charge >= 0.3 is 0 Å². The van der Waals surface area contributed by atoms with E-state index in [1.54, 1.807) is 6.07 Å². The molecule has 0 aromatic heterocycles. The number of hydrogen-bond acceptors (Lipinski definition) is 3. The Bertz CT molecular complexity index is 551. The van der Waals surface area contributed by atoms with Crippen LogP contribution in [0.1, 0.15) is 37.2 Å². The Morgan fingerprint density at radius 2 is 2.18 bits per heavy atom. The van der Waals surface area contributed by atoms with Gasteiger partial charge in [0.05, 0.1) is 12.1 Å². The molecule has 120 valence electrons. The summed E-state index contributed by atoms with van der Waals surface area (Å²) in [6, 6.07) is 6.84. The highest BCUT2D eigenvalue weighted by atomic mass is 19.1. The van der Waals surface area contributed by atoms with Crippen molar-refractivity contribution < 1.29 is 14.3 Å². The summed E-state index contributed by atoms with van der Waals surface area (Å²) in [4.78, 5) is 14.2. The first-order valence-electron chi connectivity index (χ1n) is 8.03. The minimum atomic E-state index is -0.412. The van der Waals surface area contributed by atoms with Crippen LogP contribution in [-0.4, -0.2) is 47.7 Å². The third-order valence-corrected chi connectivity index (χ3v) is 4.98. The van der Waals surface area contributed by atoms with E-state index in [1.165, 1.54) is 6.07 Å². The van der Waals surface area contributed by atoms with Crippen LogP contribution >= 0.6 is 0 Å². The van der Waals surface area contributed by atoms with Gasteiger partial charge in [-0.2, -0.15) is 0 Å². The van der Waals surface area contributed by atoms with Gasteiger partial charge in [-0.3, -0.25) is 9.69 Å². The first-order valence-corrected chi connectivity index (χ1v) is 8.03. The number of hydrogen-bond donors (Lipinski definition) is 2.